The predicted molar refractivity (Wildman–Crippen MR) is 134 cm³/mol. The van der Waals surface area contributed by atoms with Gasteiger partial charge in [-0.1, -0.05) is 83.6 Å². The van der Waals surface area contributed by atoms with Gasteiger partial charge in [0.15, 0.2) is 11.0 Å². The summed E-state index contributed by atoms with van der Waals surface area (Å²) in [7, 11) is 0. The second-order valence-electron chi connectivity index (χ2n) is 9.25. The monoisotopic (exact) mass is 468 g/mol. The lowest BCUT2D eigenvalue weighted by Crippen LogP contribution is -2.18. The zero-order valence-electron chi connectivity index (χ0n) is 20.2. The van der Waals surface area contributed by atoms with E-state index in [0.29, 0.717) is 40.8 Å². The van der Waals surface area contributed by atoms with Crippen molar-refractivity contribution in [2.24, 2.45) is 5.92 Å². The average molecular weight is 469 g/mol. The molecule has 1 amide bonds. The molecule has 0 aliphatic heterocycles. The van der Waals surface area contributed by atoms with E-state index in [-0.39, 0.29) is 17.5 Å². The Balaban J connectivity index is 1.82. The zero-order valence-corrected chi connectivity index (χ0v) is 21.0. The van der Waals surface area contributed by atoms with Crippen LogP contribution in [0.5, 0.6) is 0 Å². The first kappa shape index (κ1) is 25.0. The van der Waals surface area contributed by atoms with Gasteiger partial charge in [0.1, 0.15) is 5.82 Å². The van der Waals surface area contributed by atoms with E-state index in [1.165, 1.54) is 17.8 Å². The van der Waals surface area contributed by atoms with Gasteiger partial charge in [-0.05, 0) is 41.0 Å². The van der Waals surface area contributed by atoms with Crippen molar-refractivity contribution in [3.05, 3.63) is 59.4 Å². The molecule has 0 fully saturated rings. The van der Waals surface area contributed by atoms with Crippen molar-refractivity contribution in [2.75, 3.05) is 11.1 Å². The van der Waals surface area contributed by atoms with Gasteiger partial charge in [-0.3, -0.25) is 4.79 Å². The second kappa shape index (κ2) is 11.0. The lowest BCUT2D eigenvalue weighted by atomic mass is 9.92. The predicted octanol–water partition coefficient (Wildman–Crippen LogP) is 6.72. The van der Waals surface area contributed by atoms with E-state index in [1.807, 2.05) is 10.6 Å². The summed E-state index contributed by atoms with van der Waals surface area (Å²) in [6, 6.07) is 12.7. The lowest BCUT2D eigenvalue weighted by Gasteiger charge is -2.20. The first-order valence-corrected chi connectivity index (χ1v) is 12.4. The van der Waals surface area contributed by atoms with E-state index in [1.54, 1.807) is 18.2 Å². The fourth-order valence-corrected chi connectivity index (χ4v) is 4.52. The van der Waals surface area contributed by atoms with Crippen LogP contribution < -0.4 is 5.32 Å². The zero-order chi connectivity index (χ0) is 24.1. The number of nitrogens with one attached hydrogen (secondary N) is 1. The molecule has 3 rings (SSSR count). The number of rotatable bonds is 9. The molecule has 176 valence electrons. The Morgan fingerprint density at radius 1 is 0.970 bits per heavy atom. The number of halogens is 1. The van der Waals surface area contributed by atoms with Crippen LogP contribution in [0.25, 0.3) is 11.4 Å². The molecule has 2 aromatic carbocycles. The molecule has 0 aliphatic carbocycles. The summed E-state index contributed by atoms with van der Waals surface area (Å²) in [6.45, 7) is 13.3. The maximum atomic E-state index is 14.4. The third-order valence-electron chi connectivity index (χ3n) is 5.35. The van der Waals surface area contributed by atoms with Gasteiger partial charge < -0.3 is 9.88 Å². The van der Waals surface area contributed by atoms with Crippen LogP contribution in [-0.4, -0.2) is 26.4 Å². The summed E-state index contributed by atoms with van der Waals surface area (Å²) in [6.07, 6.45) is 0. The molecule has 5 nitrogen and oxygen atoms in total. The number of para-hydroxylation sites is 1. The number of hydrogen-bond donors (Lipinski definition) is 1. The highest BCUT2D eigenvalue weighted by molar-refractivity contribution is 7.99. The third kappa shape index (κ3) is 6.02. The number of benzene rings is 2. The summed E-state index contributed by atoms with van der Waals surface area (Å²) >= 11 is 1.32. The third-order valence-corrected chi connectivity index (χ3v) is 6.32. The van der Waals surface area contributed by atoms with Crippen LogP contribution in [0.2, 0.25) is 0 Å². The highest BCUT2D eigenvalue weighted by Gasteiger charge is 2.20. The van der Waals surface area contributed by atoms with Crippen LogP contribution in [0.3, 0.4) is 0 Å². The molecule has 1 aromatic heterocycles. The molecule has 7 heteroatoms. The number of carbonyl (C=O) groups excluding carboxylic acids is 1. The molecular weight excluding hydrogens is 435 g/mol. The van der Waals surface area contributed by atoms with E-state index >= 15 is 0 Å². The molecule has 33 heavy (non-hydrogen) atoms. The van der Waals surface area contributed by atoms with Crippen molar-refractivity contribution >= 4 is 23.4 Å². The molecule has 0 aliphatic rings. The molecule has 0 unspecified atom stereocenters. The van der Waals surface area contributed by atoms with E-state index in [0.717, 1.165) is 16.8 Å². The quantitative estimate of drug-likeness (QED) is 0.354. The minimum Gasteiger partial charge on any atom is -0.325 e. The smallest absolute Gasteiger partial charge is 0.234 e. The van der Waals surface area contributed by atoms with Gasteiger partial charge in [0.05, 0.1) is 11.3 Å². The molecule has 0 atom stereocenters. The number of carbonyl (C=O) groups is 1. The van der Waals surface area contributed by atoms with Crippen LogP contribution >= 0.6 is 11.8 Å². The van der Waals surface area contributed by atoms with Crippen molar-refractivity contribution in [2.45, 2.75) is 65.1 Å². The standard InChI is InChI=1S/C26H33FN4OS/c1-16(2)14-31-25(21-10-7-8-13-22(21)27)29-30-26(31)33-15-23(32)28-24-19(17(3)4)11-9-12-20(24)18(5)6/h7-13,16-18H,14-15H2,1-6H3,(H,28,32). The first-order valence-electron chi connectivity index (χ1n) is 11.4. The van der Waals surface area contributed by atoms with Crippen molar-refractivity contribution in [3.8, 4) is 11.4 Å². The molecule has 0 bridgehead atoms. The lowest BCUT2D eigenvalue weighted by molar-refractivity contribution is -0.113. The SMILES string of the molecule is CC(C)Cn1c(SCC(=O)Nc2c(C(C)C)cccc2C(C)C)nnc1-c1ccccc1F. The number of hydrogen-bond acceptors (Lipinski definition) is 4. The van der Waals surface area contributed by atoms with Crippen molar-refractivity contribution in [3.63, 3.8) is 0 Å². The maximum Gasteiger partial charge on any atom is 0.234 e. The second-order valence-corrected chi connectivity index (χ2v) is 10.2. The Kier molecular flexibility index (Phi) is 8.30. The Morgan fingerprint density at radius 3 is 2.18 bits per heavy atom. The van der Waals surface area contributed by atoms with E-state index in [2.05, 4.69) is 69.2 Å². The Hall–Kier alpha value is -2.67. The van der Waals surface area contributed by atoms with Crippen molar-refractivity contribution in [1.29, 1.82) is 0 Å². The van der Waals surface area contributed by atoms with Crippen LogP contribution in [-0.2, 0) is 11.3 Å². The van der Waals surface area contributed by atoms with Crippen LogP contribution in [0.1, 0.15) is 64.5 Å². The number of aromatic nitrogens is 3. The van der Waals surface area contributed by atoms with E-state index in [9.17, 15) is 9.18 Å². The number of thioether (sulfide) groups is 1. The molecular formula is C26H33FN4OS. The topological polar surface area (TPSA) is 59.8 Å². The largest absolute Gasteiger partial charge is 0.325 e. The normalized spacial score (nSPS) is 11.6. The van der Waals surface area contributed by atoms with Gasteiger partial charge >= 0.3 is 0 Å². The van der Waals surface area contributed by atoms with Gasteiger partial charge in [-0.2, -0.15) is 0 Å². The van der Waals surface area contributed by atoms with E-state index < -0.39 is 0 Å². The molecule has 1 heterocycles. The van der Waals surface area contributed by atoms with Gasteiger partial charge in [-0.25, -0.2) is 4.39 Å². The van der Waals surface area contributed by atoms with E-state index in [4.69, 9.17) is 0 Å². The molecule has 0 spiro atoms. The number of anilines is 1. The maximum absolute atomic E-state index is 14.4. The summed E-state index contributed by atoms with van der Waals surface area (Å²) in [5.41, 5.74) is 3.58. The fraction of sp³-hybridized carbons (Fsp3) is 0.423. The van der Waals surface area contributed by atoms with Gasteiger partial charge in [0, 0.05) is 12.2 Å². The van der Waals surface area contributed by atoms with Crippen LogP contribution in [0, 0.1) is 11.7 Å². The Bertz CT molecular complexity index is 1080. The summed E-state index contributed by atoms with van der Waals surface area (Å²) in [5, 5.41) is 12.3. The van der Waals surface area contributed by atoms with Gasteiger partial charge in [0.25, 0.3) is 0 Å². The van der Waals surface area contributed by atoms with Crippen molar-refractivity contribution in [1.82, 2.24) is 14.8 Å². The fourth-order valence-electron chi connectivity index (χ4n) is 3.77. The van der Waals surface area contributed by atoms with Crippen LogP contribution in [0.15, 0.2) is 47.6 Å². The van der Waals surface area contributed by atoms with Crippen LogP contribution in [0.4, 0.5) is 10.1 Å². The molecule has 0 radical (unpaired) electrons. The number of amides is 1. The first-order chi connectivity index (χ1) is 15.7. The summed E-state index contributed by atoms with van der Waals surface area (Å²) in [4.78, 5) is 13.0. The van der Waals surface area contributed by atoms with Crippen molar-refractivity contribution < 1.29 is 9.18 Å². The van der Waals surface area contributed by atoms with Gasteiger partial charge in [0.2, 0.25) is 5.91 Å². The minimum absolute atomic E-state index is 0.0958. The summed E-state index contributed by atoms with van der Waals surface area (Å²) in [5.74, 6) is 1.14. The average Bonchev–Trinajstić information content (AvgIpc) is 3.14. The molecule has 1 N–H and O–H groups in total. The van der Waals surface area contributed by atoms with Gasteiger partial charge in [-0.15, -0.1) is 10.2 Å². The number of nitrogens with zero attached hydrogens (tertiary/aromatic N) is 3. The Labute approximate surface area is 200 Å². The highest BCUT2D eigenvalue weighted by atomic mass is 32.2. The summed E-state index contributed by atoms with van der Waals surface area (Å²) < 4.78 is 16.3. The highest BCUT2D eigenvalue weighted by Crippen LogP contribution is 2.33. The molecule has 0 saturated carbocycles. The Morgan fingerprint density at radius 2 is 1.61 bits per heavy atom. The molecule has 0 saturated heterocycles. The molecule has 3 aromatic rings. The minimum atomic E-state index is -0.337.